The van der Waals surface area contributed by atoms with Gasteiger partial charge in [0.15, 0.2) is 9.76 Å². The molecule has 1 rings (SSSR count). The van der Waals surface area contributed by atoms with E-state index in [1.165, 1.54) is 0 Å². The van der Waals surface area contributed by atoms with Crippen molar-refractivity contribution in [3.63, 3.8) is 0 Å². The third kappa shape index (κ3) is 6.51. The van der Waals surface area contributed by atoms with E-state index in [0.29, 0.717) is 18.9 Å². The van der Waals surface area contributed by atoms with E-state index < -0.39 is 27.5 Å². The topological polar surface area (TPSA) is 76.7 Å². The fourth-order valence-electron chi connectivity index (χ4n) is 1.99. The molecule has 7 heteroatoms. The molecule has 0 aromatic rings. The number of amides is 2. The minimum Gasteiger partial charge on any atom is -0.444 e. The summed E-state index contributed by atoms with van der Waals surface area (Å²) in [5, 5.41) is 5.70. The smallest absolute Gasteiger partial charge is 0.408 e. The number of carbonyl (C=O) groups is 2. The standard InChI is InChI=1S/C16H32N2O4Si/c1-10(2)16(6,7)23-21-9-8-11-12(13(19)17-11)18-14(20)22-15(3,4)5/h10-12H,8-9,23H2,1-7H3,(H,17,19)(H,18,20)/t11?,12-/m0/s1. The van der Waals surface area contributed by atoms with Gasteiger partial charge < -0.3 is 19.8 Å². The summed E-state index contributed by atoms with van der Waals surface area (Å²) in [6.45, 7) is 14.9. The predicted molar refractivity (Wildman–Crippen MR) is 93.1 cm³/mol. The van der Waals surface area contributed by atoms with Gasteiger partial charge in [-0.25, -0.2) is 4.79 Å². The molecule has 0 spiro atoms. The van der Waals surface area contributed by atoms with Crippen molar-refractivity contribution in [3.8, 4) is 0 Å². The van der Waals surface area contributed by atoms with Gasteiger partial charge in [-0.1, -0.05) is 27.7 Å². The number of hydrogen-bond donors (Lipinski definition) is 2. The molecule has 2 amide bonds. The van der Waals surface area contributed by atoms with Crippen LogP contribution in [0.2, 0.25) is 5.04 Å². The molecule has 0 radical (unpaired) electrons. The Hall–Kier alpha value is -1.08. The molecule has 1 unspecified atom stereocenters. The van der Waals surface area contributed by atoms with Gasteiger partial charge in [-0.15, -0.1) is 0 Å². The average molecular weight is 345 g/mol. The number of ether oxygens (including phenoxy) is 1. The summed E-state index contributed by atoms with van der Waals surface area (Å²) in [6, 6.07) is -0.598. The van der Waals surface area contributed by atoms with Crippen molar-refractivity contribution in [1.82, 2.24) is 10.6 Å². The van der Waals surface area contributed by atoms with E-state index in [2.05, 4.69) is 38.3 Å². The van der Waals surface area contributed by atoms with Crippen LogP contribution in [0.15, 0.2) is 0 Å². The maximum Gasteiger partial charge on any atom is 0.408 e. The van der Waals surface area contributed by atoms with Gasteiger partial charge >= 0.3 is 6.09 Å². The fraction of sp³-hybridized carbons (Fsp3) is 0.875. The first kappa shape index (κ1) is 20.0. The summed E-state index contributed by atoms with van der Waals surface area (Å²) in [4.78, 5) is 23.4. The van der Waals surface area contributed by atoms with E-state index in [1.54, 1.807) is 20.8 Å². The van der Waals surface area contributed by atoms with Crippen molar-refractivity contribution in [2.75, 3.05) is 6.61 Å². The van der Waals surface area contributed by atoms with Gasteiger partial charge in [-0.3, -0.25) is 4.79 Å². The van der Waals surface area contributed by atoms with Gasteiger partial charge in [0.2, 0.25) is 5.91 Å². The molecule has 0 aliphatic carbocycles. The molecule has 6 nitrogen and oxygen atoms in total. The van der Waals surface area contributed by atoms with E-state index in [-0.39, 0.29) is 17.0 Å². The van der Waals surface area contributed by atoms with Gasteiger partial charge in [0.25, 0.3) is 0 Å². The lowest BCUT2D eigenvalue weighted by Gasteiger charge is -2.37. The molecule has 0 saturated carbocycles. The highest BCUT2D eigenvalue weighted by atomic mass is 28.2. The van der Waals surface area contributed by atoms with Crippen molar-refractivity contribution in [2.45, 2.75) is 77.6 Å². The van der Waals surface area contributed by atoms with Crippen molar-refractivity contribution in [3.05, 3.63) is 0 Å². The average Bonchev–Trinajstić information content (AvgIpc) is 2.37. The molecule has 1 fully saturated rings. The molecule has 2 N–H and O–H groups in total. The van der Waals surface area contributed by atoms with E-state index in [9.17, 15) is 9.59 Å². The summed E-state index contributed by atoms with van der Waals surface area (Å²) in [7, 11) is -0.634. The molecule has 134 valence electrons. The molecule has 2 atom stereocenters. The lowest BCUT2D eigenvalue weighted by atomic mass is 9.96. The Morgan fingerprint density at radius 1 is 1.30 bits per heavy atom. The Bertz CT molecular complexity index is 432. The lowest BCUT2D eigenvalue weighted by molar-refractivity contribution is -0.132. The number of rotatable bonds is 7. The molecule has 1 aliphatic rings. The summed E-state index contributed by atoms with van der Waals surface area (Å²) in [6.07, 6.45) is 0.145. The van der Waals surface area contributed by atoms with Gasteiger partial charge in [0.05, 0.1) is 6.04 Å². The summed E-state index contributed by atoms with van der Waals surface area (Å²) in [5.41, 5.74) is -0.572. The zero-order valence-electron chi connectivity index (χ0n) is 15.5. The quantitative estimate of drug-likeness (QED) is 0.419. The van der Waals surface area contributed by atoms with Crippen molar-refractivity contribution >= 4 is 21.8 Å². The van der Waals surface area contributed by atoms with E-state index in [0.717, 1.165) is 0 Å². The van der Waals surface area contributed by atoms with Gasteiger partial charge in [0, 0.05) is 6.61 Å². The maximum atomic E-state index is 11.8. The second-order valence-electron chi connectivity index (χ2n) is 8.22. The number of hydrogen-bond acceptors (Lipinski definition) is 4. The van der Waals surface area contributed by atoms with E-state index >= 15 is 0 Å². The van der Waals surface area contributed by atoms with Crippen LogP contribution < -0.4 is 10.6 Å². The van der Waals surface area contributed by atoms with Crippen LogP contribution in [-0.4, -0.2) is 46.1 Å². The first-order chi connectivity index (χ1) is 10.4. The highest BCUT2D eigenvalue weighted by molar-refractivity contribution is 6.32. The first-order valence-electron chi connectivity index (χ1n) is 8.30. The second kappa shape index (κ2) is 7.66. The summed E-state index contributed by atoms with van der Waals surface area (Å²) in [5.74, 6) is 0.430. The minimum atomic E-state index is -0.634. The monoisotopic (exact) mass is 344 g/mol. The number of nitrogens with one attached hydrogen (secondary N) is 2. The molecule has 0 aromatic heterocycles. The zero-order chi connectivity index (χ0) is 17.8. The molecule has 0 bridgehead atoms. The SMILES string of the molecule is CC(C)C(C)(C)[SiH2]OCCC1NC(=O)[C@H]1NC(=O)OC(C)(C)C. The van der Waals surface area contributed by atoms with Gasteiger partial charge in [-0.2, -0.15) is 0 Å². The van der Waals surface area contributed by atoms with Gasteiger partial charge in [-0.05, 0) is 38.1 Å². The van der Waals surface area contributed by atoms with Crippen LogP contribution in [0.5, 0.6) is 0 Å². The highest BCUT2D eigenvalue weighted by Gasteiger charge is 2.40. The third-order valence-corrected chi connectivity index (χ3v) is 6.35. The largest absolute Gasteiger partial charge is 0.444 e. The first-order valence-corrected chi connectivity index (χ1v) is 9.58. The Labute approximate surface area is 142 Å². The van der Waals surface area contributed by atoms with Crippen LogP contribution in [0.4, 0.5) is 4.79 Å². The van der Waals surface area contributed by atoms with Crippen molar-refractivity contribution < 1.29 is 18.8 Å². The lowest BCUT2D eigenvalue weighted by Crippen LogP contribution is -2.69. The number of alkyl carbamates (subject to hydrolysis) is 1. The summed E-state index contributed by atoms with van der Waals surface area (Å²) >= 11 is 0. The van der Waals surface area contributed by atoms with Crippen LogP contribution in [-0.2, 0) is 14.0 Å². The minimum absolute atomic E-state index is 0.0776. The fourth-order valence-corrected chi connectivity index (χ4v) is 3.16. The Morgan fingerprint density at radius 3 is 2.39 bits per heavy atom. The van der Waals surface area contributed by atoms with Crippen LogP contribution in [0.3, 0.4) is 0 Å². The van der Waals surface area contributed by atoms with Crippen LogP contribution >= 0.6 is 0 Å². The molecule has 1 saturated heterocycles. The predicted octanol–water partition coefficient (Wildman–Crippen LogP) is 1.72. The highest BCUT2D eigenvalue weighted by Crippen LogP contribution is 2.32. The zero-order valence-corrected chi connectivity index (χ0v) is 16.9. The third-order valence-electron chi connectivity index (χ3n) is 4.29. The number of β-lactam (4-membered cyclic amide) rings is 1. The van der Waals surface area contributed by atoms with E-state index in [4.69, 9.17) is 9.16 Å². The maximum absolute atomic E-state index is 11.8. The molecular formula is C16H32N2O4Si. The van der Waals surface area contributed by atoms with Crippen LogP contribution in [0.25, 0.3) is 0 Å². The van der Waals surface area contributed by atoms with Crippen LogP contribution in [0, 0.1) is 5.92 Å². The molecular weight excluding hydrogens is 312 g/mol. The molecule has 1 heterocycles. The number of carbonyl (C=O) groups excluding carboxylic acids is 2. The van der Waals surface area contributed by atoms with Crippen molar-refractivity contribution in [1.29, 1.82) is 0 Å². The normalized spacial score (nSPS) is 22.2. The van der Waals surface area contributed by atoms with Gasteiger partial charge in [0.1, 0.15) is 11.6 Å². The Kier molecular flexibility index (Phi) is 6.65. The summed E-state index contributed by atoms with van der Waals surface area (Å²) < 4.78 is 11.1. The molecule has 0 aromatic carbocycles. The van der Waals surface area contributed by atoms with Crippen LogP contribution in [0.1, 0.15) is 54.9 Å². The van der Waals surface area contributed by atoms with Crippen molar-refractivity contribution in [2.24, 2.45) is 5.92 Å². The van der Waals surface area contributed by atoms with E-state index in [1.807, 2.05) is 0 Å². The Morgan fingerprint density at radius 2 is 1.91 bits per heavy atom. The second-order valence-corrected chi connectivity index (χ2v) is 10.7. The molecule has 1 aliphatic heterocycles. The molecule has 23 heavy (non-hydrogen) atoms. The Balaban J connectivity index is 2.32.